The molecule has 0 aliphatic rings. The first-order valence-electron chi connectivity index (χ1n) is 5.09. The van der Waals surface area contributed by atoms with Gasteiger partial charge in [-0.05, 0) is 13.8 Å². The van der Waals surface area contributed by atoms with E-state index in [1.54, 1.807) is 4.68 Å². The lowest BCUT2D eigenvalue weighted by Crippen LogP contribution is -2.14. The molecule has 2 aromatic rings. The molecule has 0 radical (unpaired) electrons. The normalized spacial score (nSPS) is 11.1. The second kappa shape index (κ2) is 4.21. The van der Waals surface area contributed by atoms with Crippen molar-refractivity contribution in [3.63, 3.8) is 0 Å². The summed E-state index contributed by atoms with van der Waals surface area (Å²) < 4.78 is 1.57. The lowest BCUT2D eigenvalue weighted by Gasteiger charge is -2.09. The fourth-order valence-electron chi connectivity index (χ4n) is 1.55. The molecule has 0 aliphatic heterocycles. The van der Waals surface area contributed by atoms with Crippen molar-refractivity contribution in [1.29, 1.82) is 0 Å². The third-order valence-corrected chi connectivity index (χ3v) is 2.65. The summed E-state index contributed by atoms with van der Waals surface area (Å²) in [6.45, 7) is 3.83. The number of H-pyrrole nitrogens is 1. The van der Waals surface area contributed by atoms with Gasteiger partial charge in [0.25, 0.3) is 0 Å². The molecule has 2 rings (SSSR count). The van der Waals surface area contributed by atoms with Gasteiger partial charge in [-0.2, -0.15) is 10.2 Å². The molecule has 0 spiro atoms. The van der Waals surface area contributed by atoms with Gasteiger partial charge in [0.15, 0.2) is 0 Å². The average Bonchev–Trinajstić information content (AvgIpc) is 2.83. The van der Waals surface area contributed by atoms with Gasteiger partial charge in [-0.3, -0.25) is 14.6 Å². The first kappa shape index (κ1) is 11.7. The predicted molar refractivity (Wildman–Crippen MR) is 64.1 cm³/mol. The number of halogens is 1. The quantitative estimate of drug-likeness (QED) is 0.814. The summed E-state index contributed by atoms with van der Waals surface area (Å²) in [5.41, 5.74) is 6.24. The van der Waals surface area contributed by atoms with Gasteiger partial charge in [-0.25, -0.2) is 0 Å². The minimum absolute atomic E-state index is 0.0366. The Morgan fingerprint density at radius 2 is 2.24 bits per heavy atom. The molecule has 90 valence electrons. The number of nitrogens with zero attached hydrogens (tertiary/aromatic N) is 3. The summed E-state index contributed by atoms with van der Waals surface area (Å²) in [5.74, 6) is -0.0602. The summed E-state index contributed by atoms with van der Waals surface area (Å²) in [7, 11) is 0. The molecule has 7 heteroatoms. The van der Waals surface area contributed by atoms with Gasteiger partial charge < -0.3 is 5.73 Å². The maximum atomic E-state index is 12.3. The molecule has 0 atom stereocenters. The van der Waals surface area contributed by atoms with E-state index in [1.807, 2.05) is 13.8 Å². The summed E-state index contributed by atoms with van der Waals surface area (Å²) >= 11 is 5.98. The Bertz CT molecular complexity index is 557. The van der Waals surface area contributed by atoms with E-state index in [4.69, 9.17) is 17.3 Å². The van der Waals surface area contributed by atoms with Crippen LogP contribution in [-0.4, -0.2) is 25.8 Å². The molecule has 0 aliphatic carbocycles. The van der Waals surface area contributed by atoms with E-state index < -0.39 is 0 Å². The lowest BCUT2D eigenvalue weighted by atomic mass is 10.1. The van der Waals surface area contributed by atoms with Gasteiger partial charge in [0.05, 0.1) is 23.0 Å². The Morgan fingerprint density at radius 3 is 2.76 bits per heavy atom. The van der Waals surface area contributed by atoms with Crippen LogP contribution in [0.5, 0.6) is 0 Å². The third-order valence-electron chi connectivity index (χ3n) is 2.37. The Morgan fingerprint density at radius 1 is 1.53 bits per heavy atom. The van der Waals surface area contributed by atoms with Gasteiger partial charge >= 0.3 is 0 Å². The summed E-state index contributed by atoms with van der Waals surface area (Å²) in [6.07, 6.45) is 2.83. The number of nitrogens with two attached hydrogens (primary N) is 1. The van der Waals surface area contributed by atoms with Crippen molar-refractivity contribution in [2.75, 3.05) is 5.73 Å². The molecule has 0 aromatic carbocycles. The number of hydrogen-bond donors (Lipinski definition) is 2. The van der Waals surface area contributed by atoms with Crippen LogP contribution < -0.4 is 5.73 Å². The molecule has 0 bridgehead atoms. The maximum absolute atomic E-state index is 12.3. The number of carbonyl (C=O) groups excluding carboxylic acids is 1. The van der Waals surface area contributed by atoms with E-state index in [2.05, 4.69) is 15.3 Å². The zero-order valence-electron chi connectivity index (χ0n) is 9.44. The molecular weight excluding hydrogens is 242 g/mol. The van der Waals surface area contributed by atoms with Crippen LogP contribution in [-0.2, 0) is 0 Å². The number of carbonyl (C=O) groups is 1. The number of aromatic amines is 1. The van der Waals surface area contributed by atoms with Gasteiger partial charge in [0, 0.05) is 6.04 Å². The summed E-state index contributed by atoms with van der Waals surface area (Å²) in [4.78, 5) is 12.3. The molecule has 2 heterocycles. The minimum Gasteiger partial charge on any atom is -0.383 e. The highest BCUT2D eigenvalue weighted by molar-refractivity contribution is 6.34. The molecule has 0 unspecified atom stereocenters. The Kier molecular flexibility index (Phi) is 2.89. The minimum atomic E-state index is -0.285. The largest absolute Gasteiger partial charge is 0.383 e. The standard InChI is InChI=1S/C10H12ClN5O/c1-5(2)16-8(7(11)4-14-16)9(17)6-3-13-15-10(6)12/h3-5H,1-2H3,(H3,12,13,15). The first-order chi connectivity index (χ1) is 8.02. The number of rotatable bonds is 3. The SMILES string of the molecule is CC(C)n1ncc(Cl)c1C(=O)c1cn[nH]c1N. The van der Waals surface area contributed by atoms with Crippen LogP contribution in [0.2, 0.25) is 5.02 Å². The number of ketones is 1. The van der Waals surface area contributed by atoms with Crippen LogP contribution in [0.1, 0.15) is 35.9 Å². The van der Waals surface area contributed by atoms with Crippen molar-refractivity contribution in [2.24, 2.45) is 0 Å². The molecular formula is C10H12ClN5O. The summed E-state index contributed by atoms with van der Waals surface area (Å²) in [5, 5.41) is 10.6. The zero-order valence-corrected chi connectivity index (χ0v) is 10.2. The van der Waals surface area contributed by atoms with Crippen LogP contribution in [0.25, 0.3) is 0 Å². The van der Waals surface area contributed by atoms with Crippen LogP contribution >= 0.6 is 11.6 Å². The molecule has 6 nitrogen and oxygen atoms in total. The Hall–Kier alpha value is -1.82. The maximum Gasteiger partial charge on any atom is 0.217 e. The third kappa shape index (κ3) is 1.91. The molecule has 17 heavy (non-hydrogen) atoms. The van der Waals surface area contributed by atoms with E-state index in [0.717, 1.165) is 0 Å². The number of aromatic nitrogens is 4. The zero-order chi connectivity index (χ0) is 12.6. The van der Waals surface area contributed by atoms with E-state index in [1.165, 1.54) is 12.4 Å². The number of nitrogens with one attached hydrogen (secondary N) is 1. The predicted octanol–water partition coefficient (Wildman–Crippen LogP) is 1.65. The van der Waals surface area contributed by atoms with E-state index in [0.29, 0.717) is 16.3 Å². The molecule has 0 fully saturated rings. The second-order valence-electron chi connectivity index (χ2n) is 3.91. The van der Waals surface area contributed by atoms with Crippen molar-refractivity contribution >= 4 is 23.2 Å². The molecule has 0 saturated carbocycles. The first-order valence-corrected chi connectivity index (χ1v) is 5.46. The smallest absolute Gasteiger partial charge is 0.217 e. The summed E-state index contributed by atoms with van der Waals surface area (Å²) in [6, 6.07) is 0.0366. The van der Waals surface area contributed by atoms with Gasteiger partial charge in [-0.1, -0.05) is 11.6 Å². The highest BCUT2D eigenvalue weighted by Crippen LogP contribution is 2.23. The van der Waals surface area contributed by atoms with Gasteiger partial charge in [0.1, 0.15) is 11.5 Å². The Labute approximate surface area is 103 Å². The number of hydrogen-bond acceptors (Lipinski definition) is 4. The van der Waals surface area contributed by atoms with Crippen molar-refractivity contribution < 1.29 is 4.79 Å². The molecule has 0 amide bonds. The number of nitrogen functional groups attached to an aromatic ring is 1. The molecule has 0 saturated heterocycles. The van der Waals surface area contributed by atoms with Gasteiger partial charge in [-0.15, -0.1) is 0 Å². The van der Waals surface area contributed by atoms with Crippen molar-refractivity contribution in [3.05, 3.63) is 28.7 Å². The molecule has 3 N–H and O–H groups in total. The van der Waals surface area contributed by atoms with Gasteiger partial charge in [0.2, 0.25) is 5.78 Å². The van der Waals surface area contributed by atoms with E-state index in [-0.39, 0.29) is 17.6 Å². The fraction of sp³-hybridized carbons (Fsp3) is 0.300. The number of anilines is 1. The van der Waals surface area contributed by atoms with Crippen LogP contribution in [0.4, 0.5) is 5.82 Å². The van der Waals surface area contributed by atoms with Crippen LogP contribution in [0.3, 0.4) is 0 Å². The van der Waals surface area contributed by atoms with E-state index >= 15 is 0 Å². The lowest BCUT2D eigenvalue weighted by molar-refractivity contribution is 0.102. The topological polar surface area (TPSA) is 89.6 Å². The molecule has 2 aromatic heterocycles. The van der Waals surface area contributed by atoms with Crippen LogP contribution in [0.15, 0.2) is 12.4 Å². The highest BCUT2D eigenvalue weighted by Gasteiger charge is 2.23. The van der Waals surface area contributed by atoms with Crippen LogP contribution in [0, 0.1) is 0 Å². The van der Waals surface area contributed by atoms with Crippen molar-refractivity contribution in [2.45, 2.75) is 19.9 Å². The highest BCUT2D eigenvalue weighted by atomic mass is 35.5. The fourth-order valence-corrected chi connectivity index (χ4v) is 1.77. The second-order valence-corrected chi connectivity index (χ2v) is 4.31. The van der Waals surface area contributed by atoms with E-state index in [9.17, 15) is 4.79 Å². The average molecular weight is 254 g/mol. The Balaban J connectivity index is 2.51. The van der Waals surface area contributed by atoms with Crippen molar-refractivity contribution in [1.82, 2.24) is 20.0 Å². The van der Waals surface area contributed by atoms with Crippen molar-refractivity contribution in [3.8, 4) is 0 Å². The monoisotopic (exact) mass is 253 g/mol.